The fraction of sp³-hybridized carbons (Fsp3) is 0.115. The summed E-state index contributed by atoms with van der Waals surface area (Å²) in [6, 6.07) is 26.0. The van der Waals surface area contributed by atoms with Gasteiger partial charge in [0, 0.05) is 28.1 Å². The summed E-state index contributed by atoms with van der Waals surface area (Å²) in [4.78, 5) is 6.78. The maximum atomic E-state index is 4.49. The second-order valence-corrected chi connectivity index (χ2v) is 8.15. The standard InChI is InChI=1S/C26H24N2S/c1-19-4-11-23(12-5-19)28(24-13-6-20(2)7-14-24)25-15-8-22(9-16-25)10-17-26-27-21(3)18-29-26/h4-18H,1-3H3/b17-10+. The Morgan fingerprint density at radius 2 is 1.14 bits per heavy atom. The monoisotopic (exact) mass is 396 g/mol. The fourth-order valence-corrected chi connectivity index (χ4v) is 3.87. The summed E-state index contributed by atoms with van der Waals surface area (Å²) in [6.07, 6.45) is 4.19. The molecule has 0 bridgehead atoms. The molecule has 0 saturated carbocycles. The molecule has 0 aliphatic rings. The van der Waals surface area contributed by atoms with E-state index in [4.69, 9.17) is 0 Å². The van der Waals surface area contributed by atoms with Crippen molar-refractivity contribution in [3.05, 3.63) is 106 Å². The second kappa shape index (κ2) is 8.46. The predicted molar refractivity (Wildman–Crippen MR) is 126 cm³/mol. The van der Waals surface area contributed by atoms with Gasteiger partial charge in [-0.25, -0.2) is 4.98 Å². The smallest absolute Gasteiger partial charge is 0.116 e. The molecule has 29 heavy (non-hydrogen) atoms. The lowest BCUT2D eigenvalue weighted by molar-refractivity contribution is 1.25. The normalized spacial score (nSPS) is 11.1. The molecule has 4 aromatic rings. The first kappa shape index (κ1) is 19.2. The number of anilines is 3. The van der Waals surface area contributed by atoms with Gasteiger partial charge >= 0.3 is 0 Å². The maximum absolute atomic E-state index is 4.49. The minimum Gasteiger partial charge on any atom is -0.311 e. The van der Waals surface area contributed by atoms with Gasteiger partial charge in [0.1, 0.15) is 5.01 Å². The molecule has 2 nitrogen and oxygen atoms in total. The molecule has 4 rings (SSSR count). The van der Waals surface area contributed by atoms with Crippen LogP contribution >= 0.6 is 11.3 Å². The number of hydrogen-bond acceptors (Lipinski definition) is 3. The Kier molecular flexibility index (Phi) is 5.59. The summed E-state index contributed by atoms with van der Waals surface area (Å²) in [7, 11) is 0. The molecule has 0 aliphatic carbocycles. The molecule has 0 spiro atoms. The molecule has 0 fully saturated rings. The van der Waals surface area contributed by atoms with Crippen LogP contribution in [-0.2, 0) is 0 Å². The van der Waals surface area contributed by atoms with E-state index >= 15 is 0 Å². The molecule has 3 heteroatoms. The van der Waals surface area contributed by atoms with Gasteiger partial charge in [0.25, 0.3) is 0 Å². The Morgan fingerprint density at radius 1 is 0.655 bits per heavy atom. The molecule has 0 radical (unpaired) electrons. The van der Waals surface area contributed by atoms with E-state index < -0.39 is 0 Å². The molecule has 0 N–H and O–H groups in total. The summed E-state index contributed by atoms with van der Waals surface area (Å²) in [6.45, 7) is 6.25. The van der Waals surface area contributed by atoms with Gasteiger partial charge in [0.05, 0.1) is 0 Å². The largest absolute Gasteiger partial charge is 0.311 e. The SMILES string of the molecule is Cc1ccc(N(c2ccc(C)cc2)c2ccc(/C=C/c3nc(C)cs3)cc2)cc1. The number of nitrogens with zero attached hydrogens (tertiary/aromatic N) is 2. The topological polar surface area (TPSA) is 16.1 Å². The summed E-state index contributed by atoms with van der Waals surface area (Å²) in [5, 5.41) is 3.11. The quantitative estimate of drug-likeness (QED) is 0.343. The molecule has 144 valence electrons. The van der Waals surface area contributed by atoms with Crippen LogP contribution in [0.4, 0.5) is 17.1 Å². The summed E-state index contributed by atoms with van der Waals surface area (Å²) in [5.74, 6) is 0. The first-order chi connectivity index (χ1) is 14.1. The van der Waals surface area contributed by atoms with E-state index in [9.17, 15) is 0 Å². The van der Waals surface area contributed by atoms with Crippen molar-refractivity contribution in [2.75, 3.05) is 4.90 Å². The van der Waals surface area contributed by atoms with Crippen LogP contribution in [0.15, 0.2) is 78.2 Å². The Morgan fingerprint density at radius 3 is 1.59 bits per heavy atom. The van der Waals surface area contributed by atoms with Crippen LogP contribution in [0.25, 0.3) is 12.2 Å². The molecule has 0 unspecified atom stereocenters. The van der Waals surface area contributed by atoms with Crippen LogP contribution in [0.2, 0.25) is 0 Å². The average Bonchev–Trinajstić information content (AvgIpc) is 3.15. The molecule has 3 aromatic carbocycles. The lowest BCUT2D eigenvalue weighted by Crippen LogP contribution is -2.09. The van der Waals surface area contributed by atoms with Crippen molar-refractivity contribution in [1.29, 1.82) is 0 Å². The van der Waals surface area contributed by atoms with E-state index in [1.807, 2.05) is 6.92 Å². The number of hydrogen-bond donors (Lipinski definition) is 0. The summed E-state index contributed by atoms with van der Waals surface area (Å²) < 4.78 is 0. The maximum Gasteiger partial charge on any atom is 0.116 e. The van der Waals surface area contributed by atoms with Crippen molar-refractivity contribution < 1.29 is 0 Å². The zero-order chi connectivity index (χ0) is 20.2. The van der Waals surface area contributed by atoms with E-state index in [0.29, 0.717) is 0 Å². The highest BCUT2D eigenvalue weighted by atomic mass is 32.1. The van der Waals surface area contributed by atoms with Crippen LogP contribution in [-0.4, -0.2) is 4.98 Å². The van der Waals surface area contributed by atoms with E-state index in [0.717, 1.165) is 33.3 Å². The summed E-state index contributed by atoms with van der Waals surface area (Å²) in [5.41, 5.74) is 8.19. The number of rotatable bonds is 5. The third kappa shape index (κ3) is 4.64. The third-order valence-corrected chi connectivity index (χ3v) is 5.72. The van der Waals surface area contributed by atoms with Crippen molar-refractivity contribution in [3.63, 3.8) is 0 Å². The van der Waals surface area contributed by atoms with Gasteiger partial charge in [0.15, 0.2) is 0 Å². The average molecular weight is 397 g/mol. The molecule has 0 amide bonds. The molecule has 0 aliphatic heterocycles. The van der Waals surface area contributed by atoms with E-state index in [1.165, 1.54) is 11.1 Å². The number of thiazole rings is 1. The van der Waals surface area contributed by atoms with Crippen molar-refractivity contribution in [1.82, 2.24) is 4.98 Å². The second-order valence-electron chi connectivity index (χ2n) is 7.26. The highest BCUT2D eigenvalue weighted by Crippen LogP contribution is 2.34. The lowest BCUT2D eigenvalue weighted by atomic mass is 10.1. The van der Waals surface area contributed by atoms with Crippen molar-refractivity contribution in [3.8, 4) is 0 Å². The fourth-order valence-electron chi connectivity index (χ4n) is 3.19. The van der Waals surface area contributed by atoms with Crippen molar-refractivity contribution in [2.24, 2.45) is 0 Å². The first-order valence-corrected chi connectivity index (χ1v) is 10.6. The molecule has 0 saturated heterocycles. The van der Waals surface area contributed by atoms with Crippen LogP contribution in [0, 0.1) is 20.8 Å². The van der Waals surface area contributed by atoms with E-state index in [2.05, 4.69) is 114 Å². The van der Waals surface area contributed by atoms with Crippen LogP contribution in [0.3, 0.4) is 0 Å². The predicted octanol–water partition coefficient (Wildman–Crippen LogP) is 7.71. The minimum atomic E-state index is 1.03. The highest BCUT2D eigenvalue weighted by molar-refractivity contribution is 7.10. The molecular formula is C26H24N2S. The van der Waals surface area contributed by atoms with Crippen LogP contribution < -0.4 is 4.90 Å². The van der Waals surface area contributed by atoms with Crippen molar-refractivity contribution in [2.45, 2.75) is 20.8 Å². The number of aryl methyl sites for hydroxylation is 3. The van der Waals surface area contributed by atoms with Gasteiger partial charge < -0.3 is 4.90 Å². The number of benzene rings is 3. The van der Waals surface area contributed by atoms with Gasteiger partial charge in [-0.3, -0.25) is 0 Å². The Labute approximate surface area is 176 Å². The Hall–Kier alpha value is -3.17. The van der Waals surface area contributed by atoms with Crippen LogP contribution in [0.5, 0.6) is 0 Å². The van der Waals surface area contributed by atoms with Crippen LogP contribution in [0.1, 0.15) is 27.4 Å². The third-order valence-electron chi connectivity index (χ3n) is 4.79. The van der Waals surface area contributed by atoms with E-state index in [1.54, 1.807) is 11.3 Å². The lowest BCUT2D eigenvalue weighted by Gasteiger charge is -2.25. The minimum absolute atomic E-state index is 1.03. The molecule has 1 heterocycles. The number of aromatic nitrogens is 1. The van der Waals surface area contributed by atoms with E-state index in [-0.39, 0.29) is 0 Å². The van der Waals surface area contributed by atoms with Gasteiger partial charge in [-0.15, -0.1) is 11.3 Å². The highest BCUT2D eigenvalue weighted by Gasteiger charge is 2.12. The van der Waals surface area contributed by atoms with Gasteiger partial charge in [0.2, 0.25) is 0 Å². The van der Waals surface area contributed by atoms with Gasteiger partial charge in [-0.05, 0) is 68.8 Å². The van der Waals surface area contributed by atoms with Crippen molar-refractivity contribution >= 4 is 40.6 Å². The first-order valence-electron chi connectivity index (χ1n) is 9.72. The molecular weight excluding hydrogens is 372 g/mol. The zero-order valence-corrected chi connectivity index (χ0v) is 17.8. The Balaban J connectivity index is 1.66. The molecule has 0 atom stereocenters. The zero-order valence-electron chi connectivity index (χ0n) is 17.0. The van der Waals surface area contributed by atoms with Gasteiger partial charge in [-0.2, -0.15) is 0 Å². The Bertz CT molecular complexity index is 1060. The van der Waals surface area contributed by atoms with Gasteiger partial charge in [-0.1, -0.05) is 53.6 Å². The molecule has 1 aromatic heterocycles. The summed E-state index contributed by atoms with van der Waals surface area (Å²) >= 11 is 1.67.